The molecule has 138 valence electrons. The Morgan fingerprint density at radius 1 is 1.00 bits per heavy atom. The molecule has 3 rings (SSSR count). The summed E-state index contributed by atoms with van der Waals surface area (Å²) in [7, 11) is 1.64. The highest BCUT2D eigenvalue weighted by Gasteiger charge is 2.08. The van der Waals surface area contributed by atoms with Gasteiger partial charge in [0, 0.05) is 13.1 Å². The number of anilines is 1. The van der Waals surface area contributed by atoms with Gasteiger partial charge in [-0.25, -0.2) is 9.97 Å². The molecule has 0 saturated carbocycles. The van der Waals surface area contributed by atoms with Crippen LogP contribution in [-0.2, 0) is 13.0 Å². The van der Waals surface area contributed by atoms with Crippen LogP contribution in [0.4, 0.5) is 5.82 Å². The van der Waals surface area contributed by atoms with Crippen LogP contribution in [0.25, 0.3) is 0 Å². The quantitative estimate of drug-likeness (QED) is 0.644. The fraction of sp³-hybridized carbons (Fsp3) is 0.190. The number of nitrogens with zero attached hydrogens (tertiary/aromatic N) is 2. The third kappa shape index (κ3) is 5.28. The number of methoxy groups -OCH3 is 1. The van der Waals surface area contributed by atoms with E-state index in [0.29, 0.717) is 31.0 Å². The van der Waals surface area contributed by atoms with E-state index in [-0.39, 0.29) is 5.91 Å². The Hall–Kier alpha value is -3.41. The molecule has 2 aromatic carbocycles. The van der Waals surface area contributed by atoms with Crippen molar-refractivity contribution < 1.29 is 9.53 Å². The van der Waals surface area contributed by atoms with Gasteiger partial charge in [-0.15, -0.1) is 0 Å². The number of benzene rings is 2. The molecule has 6 heteroatoms. The first-order chi connectivity index (χ1) is 13.3. The average molecular weight is 362 g/mol. The van der Waals surface area contributed by atoms with Gasteiger partial charge >= 0.3 is 0 Å². The molecule has 0 aliphatic carbocycles. The highest BCUT2D eigenvalue weighted by atomic mass is 16.5. The highest BCUT2D eigenvalue weighted by molar-refractivity contribution is 5.92. The summed E-state index contributed by atoms with van der Waals surface area (Å²) in [6.07, 6.45) is 3.73. The average Bonchev–Trinajstić information content (AvgIpc) is 2.73. The zero-order valence-electron chi connectivity index (χ0n) is 15.2. The lowest BCUT2D eigenvalue weighted by atomic mass is 10.1. The zero-order chi connectivity index (χ0) is 18.9. The van der Waals surface area contributed by atoms with Crippen molar-refractivity contribution in [2.45, 2.75) is 13.0 Å². The Labute approximate surface area is 158 Å². The molecule has 3 aromatic rings. The first-order valence-corrected chi connectivity index (χ1v) is 8.76. The zero-order valence-corrected chi connectivity index (χ0v) is 15.2. The molecular weight excluding hydrogens is 340 g/mol. The van der Waals surface area contributed by atoms with Crippen LogP contribution >= 0.6 is 0 Å². The van der Waals surface area contributed by atoms with Crippen LogP contribution in [0.1, 0.15) is 21.6 Å². The van der Waals surface area contributed by atoms with Crippen LogP contribution in [0.2, 0.25) is 0 Å². The van der Waals surface area contributed by atoms with Crippen molar-refractivity contribution in [3.8, 4) is 5.75 Å². The number of amides is 1. The van der Waals surface area contributed by atoms with E-state index < -0.39 is 0 Å². The lowest BCUT2D eigenvalue weighted by Gasteiger charge is -2.09. The number of nitrogens with one attached hydrogen (secondary N) is 2. The Morgan fingerprint density at radius 3 is 2.52 bits per heavy atom. The third-order valence-electron chi connectivity index (χ3n) is 4.07. The number of hydrogen-bond acceptors (Lipinski definition) is 5. The van der Waals surface area contributed by atoms with Crippen molar-refractivity contribution in [3.63, 3.8) is 0 Å². The van der Waals surface area contributed by atoms with E-state index in [1.54, 1.807) is 13.3 Å². The van der Waals surface area contributed by atoms with Gasteiger partial charge in [-0.2, -0.15) is 0 Å². The summed E-state index contributed by atoms with van der Waals surface area (Å²) in [5.41, 5.74) is 2.49. The van der Waals surface area contributed by atoms with Crippen molar-refractivity contribution in [2.75, 3.05) is 19.0 Å². The Balaban J connectivity index is 1.48. The van der Waals surface area contributed by atoms with Gasteiger partial charge in [0.05, 0.1) is 19.5 Å². The van der Waals surface area contributed by atoms with Gasteiger partial charge in [-0.3, -0.25) is 4.79 Å². The van der Waals surface area contributed by atoms with E-state index in [2.05, 4.69) is 20.6 Å². The van der Waals surface area contributed by atoms with Crippen LogP contribution in [0.5, 0.6) is 5.75 Å². The molecule has 1 amide bonds. The fourth-order valence-electron chi connectivity index (χ4n) is 2.64. The van der Waals surface area contributed by atoms with E-state index in [0.717, 1.165) is 16.9 Å². The summed E-state index contributed by atoms with van der Waals surface area (Å²) in [5, 5.41) is 6.04. The second kappa shape index (κ2) is 9.33. The van der Waals surface area contributed by atoms with E-state index in [4.69, 9.17) is 4.74 Å². The molecular formula is C21H22N4O2. The molecule has 0 aliphatic heterocycles. The van der Waals surface area contributed by atoms with E-state index in [9.17, 15) is 4.79 Å². The minimum absolute atomic E-state index is 0.244. The molecule has 0 unspecified atom stereocenters. The van der Waals surface area contributed by atoms with Crippen LogP contribution in [-0.4, -0.2) is 29.5 Å². The topological polar surface area (TPSA) is 76.1 Å². The normalized spacial score (nSPS) is 10.3. The maximum atomic E-state index is 12.2. The van der Waals surface area contributed by atoms with Gasteiger partial charge in [0.2, 0.25) is 0 Å². The molecule has 2 N–H and O–H groups in total. The number of rotatable bonds is 8. The second-order valence-electron chi connectivity index (χ2n) is 5.94. The van der Waals surface area contributed by atoms with E-state index in [1.165, 1.54) is 6.20 Å². The van der Waals surface area contributed by atoms with Gasteiger partial charge < -0.3 is 15.4 Å². The lowest BCUT2D eigenvalue weighted by Crippen LogP contribution is -2.26. The summed E-state index contributed by atoms with van der Waals surface area (Å²) < 4.78 is 5.31. The number of carbonyl (C=O) groups excluding carboxylic acids is 1. The maximum Gasteiger partial charge on any atom is 0.271 e. The Bertz CT molecular complexity index is 867. The first kappa shape index (κ1) is 18.4. The van der Waals surface area contributed by atoms with Gasteiger partial charge in [0.25, 0.3) is 5.91 Å². The minimum Gasteiger partial charge on any atom is -0.496 e. The summed E-state index contributed by atoms with van der Waals surface area (Å²) in [5.74, 6) is 1.21. The first-order valence-electron chi connectivity index (χ1n) is 8.76. The lowest BCUT2D eigenvalue weighted by molar-refractivity contribution is 0.0948. The van der Waals surface area contributed by atoms with Gasteiger partial charge in [0.1, 0.15) is 17.3 Å². The monoisotopic (exact) mass is 362 g/mol. The predicted molar refractivity (Wildman–Crippen MR) is 105 cm³/mol. The molecule has 27 heavy (non-hydrogen) atoms. The molecule has 0 fully saturated rings. The molecule has 1 aromatic heterocycles. The molecule has 0 atom stereocenters. The van der Waals surface area contributed by atoms with Crippen LogP contribution in [0.15, 0.2) is 67.0 Å². The standard InChI is InChI=1S/C21H22N4O2/c1-27-19-10-6-5-9-17(19)11-12-22-21(26)18-14-25-20(15-23-18)24-13-16-7-3-2-4-8-16/h2-10,14-15H,11-13H2,1H3,(H,22,26)(H,24,25). The van der Waals surface area contributed by atoms with E-state index in [1.807, 2.05) is 54.6 Å². The largest absolute Gasteiger partial charge is 0.496 e. The summed E-state index contributed by atoms with van der Waals surface area (Å²) in [6.45, 7) is 1.15. The van der Waals surface area contributed by atoms with Crippen LogP contribution in [0.3, 0.4) is 0 Å². The number of para-hydroxylation sites is 1. The molecule has 0 spiro atoms. The van der Waals surface area contributed by atoms with Crippen molar-refractivity contribution in [2.24, 2.45) is 0 Å². The van der Waals surface area contributed by atoms with Crippen molar-refractivity contribution >= 4 is 11.7 Å². The highest BCUT2D eigenvalue weighted by Crippen LogP contribution is 2.17. The van der Waals surface area contributed by atoms with E-state index >= 15 is 0 Å². The minimum atomic E-state index is -0.244. The number of aromatic nitrogens is 2. The Morgan fingerprint density at radius 2 is 1.78 bits per heavy atom. The smallest absolute Gasteiger partial charge is 0.271 e. The predicted octanol–water partition coefficient (Wildman–Crippen LogP) is 3.07. The van der Waals surface area contributed by atoms with Gasteiger partial charge in [-0.1, -0.05) is 48.5 Å². The van der Waals surface area contributed by atoms with Gasteiger partial charge in [0.15, 0.2) is 0 Å². The second-order valence-corrected chi connectivity index (χ2v) is 5.94. The van der Waals surface area contributed by atoms with Crippen molar-refractivity contribution in [1.82, 2.24) is 15.3 Å². The molecule has 1 heterocycles. The summed E-state index contributed by atoms with van der Waals surface area (Å²) in [6, 6.07) is 17.8. The molecule has 0 aliphatic rings. The summed E-state index contributed by atoms with van der Waals surface area (Å²) >= 11 is 0. The summed E-state index contributed by atoms with van der Waals surface area (Å²) in [4.78, 5) is 20.7. The van der Waals surface area contributed by atoms with Gasteiger partial charge in [-0.05, 0) is 23.6 Å². The van der Waals surface area contributed by atoms with Crippen LogP contribution < -0.4 is 15.4 Å². The third-order valence-corrected chi connectivity index (χ3v) is 4.07. The van der Waals surface area contributed by atoms with Crippen molar-refractivity contribution in [3.05, 3.63) is 83.8 Å². The molecule has 0 bridgehead atoms. The molecule has 0 saturated heterocycles. The number of carbonyl (C=O) groups is 1. The maximum absolute atomic E-state index is 12.2. The SMILES string of the molecule is COc1ccccc1CCNC(=O)c1cnc(NCc2ccccc2)cn1. The molecule has 0 radical (unpaired) electrons. The van der Waals surface area contributed by atoms with Crippen LogP contribution in [0, 0.1) is 0 Å². The number of hydrogen-bond donors (Lipinski definition) is 2. The Kier molecular flexibility index (Phi) is 6.35. The fourth-order valence-corrected chi connectivity index (χ4v) is 2.64. The van der Waals surface area contributed by atoms with Crippen molar-refractivity contribution in [1.29, 1.82) is 0 Å². The molecule has 6 nitrogen and oxygen atoms in total. The number of ether oxygens (including phenoxy) is 1.